The lowest BCUT2D eigenvalue weighted by atomic mass is 10.0. The molecule has 1 atom stereocenters. The highest BCUT2D eigenvalue weighted by molar-refractivity contribution is 5.78. The van der Waals surface area contributed by atoms with Gasteiger partial charge in [0, 0.05) is 19.6 Å². The molecule has 0 unspecified atom stereocenters. The predicted molar refractivity (Wildman–Crippen MR) is 44.3 cm³/mol. The highest BCUT2D eigenvalue weighted by atomic mass is 16.2. The van der Waals surface area contributed by atoms with E-state index in [1.165, 1.54) is 0 Å². The Balaban J connectivity index is 2.46. The quantitative estimate of drug-likeness (QED) is 0.583. The van der Waals surface area contributed by atoms with E-state index in [2.05, 4.69) is 19.2 Å². The number of hydrogen-bond acceptors (Lipinski definition) is 2. The molecular weight excluding hydrogens is 140 g/mol. The van der Waals surface area contributed by atoms with Gasteiger partial charge in [0.25, 0.3) is 0 Å². The zero-order chi connectivity index (χ0) is 8.43. The van der Waals surface area contributed by atoms with Crippen LogP contribution in [0.2, 0.25) is 0 Å². The monoisotopic (exact) mass is 156 g/mol. The van der Waals surface area contributed by atoms with Crippen LogP contribution in [0.3, 0.4) is 0 Å². The second kappa shape index (κ2) is 3.22. The first-order chi connectivity index (χ1) is 5.11. The Morgan fingerprint density at radius 3 is 2.73 bits per heavy atom. The van der Waals surface area contributed by atoms with E-state index in [0.29, 0.717) is 18.5 Å². The van der Waals surface area contributed by atoms with Crippen molar-refractivity contribution in [3.8, 4) is 0 Å². The molecule has 3 nitrogen and oxygen atoms in total. The first-order valence-electron chi connectivity index (χ1n) is 4.08. The van der Waals surface area contributed by atoms with E-state index in [1.807, 2.05) is 7.05 Å². The molecule has 0 aromatic heterocycles. The second-order valence-corrected chi connectivity index (χ2v) is 3.51. The van der Waals surface area contributed by atoms with Gasteiger partial charge in [0.1, 0.15) is 0 Å². The molecule has 1 fully saturated rings. The number of amides is 1. The molecule has 1 aliphatic rings. The van der Waals surface area contributed by atoms with Crippen LogP contribution in [0.4, 0.5) is 0 Å². The molecule has 1 aliphatic heterocycles. The normalized spacial score (nSPS) is 26.4. The minimum absolute atomic E-state index is 0.196. The summed E-state index contributed by atoms with van der Waals surface area (Å²) in [5.41, 5.74) is 0. The summed E-state index contributed by atoms with van der Waals surface area (Å²) in [6.45, 7) is 5.68. The summed E-state index contributed by atoms with van der Waals surface area (Å²) in [4.78, 5) is 12.8. The fraction of sp³-hybridized carbons (Fsp3) is 0.875. The van der Waals surface area contributed by atoms with Crippen molar-refractivity contribution in [1.29, 1.82) is 0 Å². The molecule has 0 aromatic rings. The fourth-order valence-corrected chi connectivity index (χ4v) is 1.26. The van der Waals surface area contributed by atoms with Crippen molar-refractivity contribution in [2.24, 2.45) is 5.92 Å². The van der Waals surface area contributed by atoms with Gasteiger partial charge in [0.2, 0.25) is 5.91 Å². The van der Waals surface area contributed by atoms with Crippen molar-refractivity contribution < 1.29 is 4.79 Å². The van der Waals surface area contributed by atoms with Crippen LogP contribution >= 0.6 is 0 Å². The number of rotatable bonds is 1. The highest BCUT2D eigenvalue weighted by Gasteiger charge is 2.23. The van der Waals surface area contributed by atoms with Crippen LogP contribution in [-0.2, 0) is 4.79 Å². The smallest absolute Gasteiger partial charge is 0.236 e. The largest absolute Gasteiger partial charge is 0.343 e. The average Bonchev–Trinajstić information content (AvgIpc) is 1.94. The van der Waals surface area contributed by atoms with Crippen LogP contribution in [0, 0.1) is 5.92 Å². The maximum absolute atomic E-state index is 11.0. The molecule has 64 valence electrons. The maximum atomic E-state index is 11.0. The van der Waals surface area contributed by atoms with Crippen molar-refractivity contribution >= 4 is 5.91 Å². The van der Waals surface area contributed by atoms with Gasteiger partial charge in [-0.1, -0.05) is 13.8 Å². The lowest BCUT2D eigenvalue weighted by Crippen LogP contribution is -2.54. The minimum atomic E-state index is 0.196. The number of carbonyl (C=O) groups excluding carboxylic acids is 1. The fourth-order valence-electron chi connectivity index (χ4n) is 1.26. The summed E-state index contributed by atoms with van der Waals surface area (Å²) in [5.74, 6) is 0.799. The zero-order valence-corrected chi connectivity index (χ0v) is 7.42. The van der Waals surface area contributed by atoms with Crippen molar-refractivity contribution in [3.05, 3.63) is 0 Å². The van der Waals surface area contributed by atoms with Crippen LogP contribution in [0.5, 0.6) is 0 Å². The summed E-state index contributed by atoms with van der Waals surface area (Å²) in [5, 5.41) is 3.21. The summed E-state index contributed by atoms with van der Waals surface area (Å²) in [6.07, 6.45) is 0. The Morgan fingerprint density at radius 2 is 2.27 bits per heavy atom. The molecule has 1 rings (SSSR count). The first kappa shape index (κ1) is 8.53. The van der Waals surface area contributed by atoms with Crippen molar-refractivity contribution in [1.82, 2.24) is 10.2 Å². The SMILES string of the molecule is CC(C)[C@H]1CN(C)C(=O)CN1. The Bertz CT molecular complexity index is 156. The second-order valence-electron chi connectivity index (χ2n) is 3.51. The Labute approximate surface area is 67.8 Å². The van der Waals surface area contributed by atoms with Gasteiger partial charge in [0.05, 0.1) is 6.54 Å². The van der Waals surface area contributed by atoms with Gasteiger partial charge in [-0.05, 0) is 5.92 Å². The first-order valence-corrected chi connectivity index (χ1v) is 4.08. The molecule has 0 radical (unpaired) electrons. The number of likely N-dealkylation sites (N-methyl/N-ethyl adjacent to an activating group) is 1. The number of hydrogen-bond donors (Lipinski definition) is 1. The molecule has 0 aliphatic carbocycles. The summed E-state index contributed by atoms with van der Waals surface area (Å²) < 4.78 is 0. The van der Waals surface area contributed by atoms with Gasteiger partial charge in [-0.15, -0.1) is 0 Å². The summed E-state index contributed by atoms with van der Waals surface area (Å²) in [6, 6.07) is 0.470. The molecule has 0 bridgehead atoms. The van der Waals surface area contributed by atoms with E-state index in [4.69, 9.17) is 0 Å². The topological polar surface area (TPSA) is 32.3 Å². The number of carbonyl (C=O) groups is 1. The van der Waals surface area contributed by atoms with Gasteiger partial charge >= 0.3 is 0 Å². The van der Waals surface area contributed by atoms with Crippen molar-refractivity contribution in [2.75, 3.05) is 20.1 Å². The molecular formula is C8H16N2O. The van der Waals surface area contributed by atoms with Crippen LogP contribution < -0.4 is 5.32 Å². The third kappa shape index (κ3) is 1.93. The lowest BCUT2D eigenvalue weighted by molar-refractivity contribution is -0.131. The van der Waals surface area contributed by atoms with E-state index in [9.17, 15) is 4.79 Å². The van der Waals surface area contributed by atoms with Crippen molar-refractivity contribution in [2.45, 2.75) is 19.9 Å². The summed E-state index contributed by atoms with van der Waals surface area (Å²) in [7, 11) is 1.86. The number of nitrogens with zero attached hydrogens (tertiary/aromatic N) is 1. The van der Waals surface area contributed by atoms with Crippen LogP contribution in [0.15, 0.2) is 0 Å². The van der Waals surface area contributed by atoms with E-state index in [-0.39, 0.29) is 5.91 Å². The molecule has 1 N–H and O–H groups in total. The Morgan fingerprint density at radius 1 is 1.64 bits per heavy atom. The molecule has 0 spiro atoms. The standard InChI is InChI=1S/C8H16N2O/c1-6(2)7-5-10(3)8(11)4-9-7/h6-7,9H,4-5H2,1-3H3/t7-/m1/s1. The van der Waals surface area contributed by atoms with E-state index in [0.717, 1.165) is 6.54 Å². The number of piperazine rings is 1. The number of nitrogens with one attached hydrogen (secondary N) is 1. The van der Waals surface area contributed by atoms with Gasteiger partial charge in [-0.3, -0.25) is 4.79 Å². The Kier molecular flexibility index (Phi) is 2.49. The van der Waals surface area contributed by atoms with Gasteiger partial charge in [-0.2, -0.15) is 0 Å². The third-order valence-electron chi connectivity index (χ3n) is 2.22. The zero-order valence-electron chi connectivity index (χ0n) is 7.42. The average molecular weight is 156 g/mol. The highest BCUT2D eigenvalue weighted by Crippen LogP contribution is 2.06. The summed E-state index contributed by atoms with van der Waals surface area (Å²) >= 11 is 0. The molecule has 1 saturated heterocycles. The van der Waals surface area contributed by atoms with E-state index < -0.39 is 0 Å². The molecule has 0 aromatic carbocycles. The van der Waals surface area contributed by atoms with Gasteiger partial charge < -0.3 is 10.2 Å². The van der Waals surface area contributed by atoms with Crippen LogP contribution in [0.25, 0.3) is 0 Å². The molecule has 1 heterocycles. The Hall–Kier alpha value is -0.570. The maximum Gasteiger partial charge on any atom is 0.236 e. The minimum Gasteiger partial charge on any atom is -0.343 e. The van der Waals surface area contributed by atoms with Crippen LogP contribution in [-0.4, -0.2) is 37.0 Å². The van der Waals surface area contributed by atoms with E-state index in [1.54, 1.807) is 4.90 Å². The molecule has 1 amide bonds. The molecule has 3 heteroatoms. The van der Waals surface area contributed by atoms with E-state index >= 15 is 0 Å². The lowest BCUT2D eigenvalue weighted by Gasteiger charge is -2.32. The van der Waals surface area contributed by atoms with Crippen molar-refractivity contribution in [3.63, 3.8) is 0 Å². The molecule has 0 saturated carbocycles. The van der Waals surface area contributed by atoms with Gasteiger partial charge in [-0.25, -0.2) is 0 Å². The van der Waals surface area contributed by atoms with Crippen LogP contribution in [0.1, 0.15) is 13.8 Å². The third-order valence-corrected chi connectivity index (χ3v) is 2.22. The van der Waals surface area contributed by atoms with Gasteiger partial charge in [0.15, 0.2) is 0 Å². The predicted octanol–water partition coefficient (Wildman–Crippen LogP) is 0.0726. The molecule has 11 heavy (non-hydrogen) atoms.